The fourth-order valence-corrected chi connectivity index (χ4v) is 2.46. The lowest BCUT2D eigenvalue weighted by Gasteiger charge is -1.94. The van der Waals surface area contributed by atoms with Crippen molar-refractivity contribution in [2.24, 2.45) is 0 Å². The molecule has 1 aliphatic rings. The SMILES string of the molecule is O=C(O)Oc1cc2cc3c(cc2s1)OCO3. The van der Waals surface area contributed by atoms with Crippen molar-refractivity contribution >= 4 is 27.6 Å². The molecule has 1 aliphatic heterocycles. The molecule has 0 unspecified atom stereocenters. The average molecular weight is 238 g/mol. The lowest BCUT2D eigenvalue weighted by Crippen LogP contribution is -2.00. The summed E-state index contributed by atoms with van der Waals surface area (Å²) in [7, 11) is 0. The number of hydrogen-bond donors (Lipinski definition) is 1. The lowest BCUT2D eigenvalue weighted by molar-refractivity contribution is 0.146. The van der Waals surface area contributed by atoms with Crippen molar-refractivity contribution in [3.05, 3.63) is 18.2 Å². The zero-order valence-electron chi connectivity index (χ0n) is 7.93. The van der Waals surface area contributed by atoms with E-state index in [1.165, 1.54) is 11.3 Å². The van der Waals surface area contributed by atoms with E-state index in [0.29, 0.717) is 16.6 Å². The molecule has 0 bridgehead atoms. The molecule has 0 saturated carbocycles. The Balaban J connectivity index is 2.08. The first-order valence-corrected chi connectivity index (χ1v) is 5.28. The summed E-state index contributed by atoms with van der Waals surface area (Å²) >= 11 is 1.25. The molecule has 1 aromatic heterocycles. The molecule has 16 heavy (non-hydrogen) atoms. The van der Waals surface area contributed by atoms with E-state index in [1.807, 2.05) is 12.1 Å². The molecule has 5 nitrogen and oxygen atoms in total. The summed E-state index contributed by atoms with van der Waals surface area (Å²) in [6.45, 7) is 0.227. The Morgan fingerprint density at radius 3 is 2.81 bits per heavy atom. The first kappa shape index (κ1) is 9.29. The highest BCUT2D eigenvalue weighted by atomic mass is 32.1. The van der Waals surface area contributed by atoms with Crippen LogP contribution in [0.1, 0.15) is 0 Å². The zero-order valence-corrected chi connectivity index (χ0v) is 8.74. The summed E-state index contributed by atoms with van der Waals surface area (Å²) < 4.78 is 15.9. The fraction of sp³-hybridized carbons (Fsp3) is 0.100. The van der Waals surface area contributed by atoms with Gasteiger partial charge in [0.2, 0.25) is 6.79 Å². The van der Waals surface area contributed by atoms with E-state index in [-0.39, 0.29) is 6.79 Å². The number of rotatable bonds is 1. The van der Waals surface area contributed by atoms with Gasteiger partial charge in [-0.2, -0.15) is 0 Å². The Morgan fingerprint density at radius 1 is 1.31 bits per heavy atom. The normalized spacial score (nSPS) is 13.0. The molecule has 1 N–H and O–H groups in total. The summed E-state index contributed by atoms with van der Waals surface area (Å²) in [6.07, 6.45) is -1.31. The Morgan fingerprint density at radius 2 is 2.06 bits per heavy atom. The van der Waals surface area contributed by atoms with Gasteiger partial charge in [0.1, 0.15) is 0 Å². The quantitative estimate of drug-likeness (QED) is 0.774. The molecule has 0 spiro atoms. The minimum Gasteiger partial charge on any atom is -0.454 e. The van der Waals surface area contributed by atoms with Crippen molar-refractivity contribution in [2.75, 3.05) is 6.79 Å². The molecule has 2 aromatic rings. The molecule has 0 aliphatic carbocycles. The van der Waals surface area contributed by atoms with Crippen molar-refractivity contribution in [3.8, 4) is 16.6 Å². The molecule has 82 valence electrons. The highest BCUT2D eigenvalue weighted by Crippen LogP contribution is 2.41. The highest BCUT2D eigenvalue weighted by molar-refractivity contribution is 7.20. The third kappa shape index (κ3) is 1.43. The number of carbonyl (C=O) groups is 1. The minimum atomic E-state index is -1.31. The minimum absolute atomic E-state index is 0.227. The van der Waals surface area contributed by atoms with Crippen molar-refractivity contribution in [1.29, 1.82) is 0 Å². The van der Waals surface area contributed by atoms with Gasteiger partial charge in [0, 0.05) is 22.2 Å². The maximum Gasteiger partial charge on any atom is 0.512 e. The van der Waals surface area contributed by atoms with E-state index in [1.54, 1.807) is 6.07 Å². The molecule has 0 amide bonds. The second kappa shape index (κ2) is 3.28. The standard InChI is InChI=1S/C10H6O5S/c11-10(12)15-9-2-5-1-6-7(14-4-13-6)3-8(5)16-9/h1-3H,4H2,(H,11,12). The van der Waals surface area contributed by atoms with Crippen molar-refractivity contribution in [3.63, 3.8) is 0 Å². The highest BCUT2D eigenvalue weighted by Gasteiger charge is 2.16. The van der Waals surface area contributed by atoms with Crippen molar-refractivity contribution in [1.82, 2.24) is 0 Å². The number of carboxylic acid groups (broad SMARTS) is 1. The summed E-state index contributed by atoms with van der Waals surface area (Å²) in [5.41, 5.74) is 0. The predicted octanol–water partition coefficient (Wildman–Crippen LogP) is 2.69. The van der Waals surface area contributed by atoms with Crippen LogP contribution in [0.5, 0.6) is 16.6 Å². The third-order valence-corrected chi connectivity index (χ3v) is 3.15. The molecule has 6 heteroatoms. The van der Waals surface area contributed by atoms with Crippen LogP contribution >= 0.6 is 11.3 Å². The largest absolute Gasteiger partial charge is 0.512 e. The van der Waals surface area contributed by atoms with Gasteiger partial charge in [0.25, 0.3) is 0 Å². The Hall–Kier alpha value is -1.95. The van der Waals surface area contributed by atoms with Gasteiger partial charge in [0.05, 0.1) is 0 Å². The molecule has 3 rings (SSSR count). The van der Waals surface area contributed by atoms with Crippen LogP contribution in [-0.4, -0.2) is 18.1 Å². The molecular weight excluding hydrogens is 232 g/mol. The van der Waals surface area contributed by atoms with Crippen LogP contribution in [0.4, 0.5) is 4.79 Å². The molecule has 0 radical (unpaired) electrons. The summed E-state index contributed by atoms with van der Waals surface area (Å²) in [5.74, 6) is 1.35. The average Bonchev–Trinajstić information content (AvgIpc) is 2.76. The van der Waals surface area contributed by atoms with E-state index in [4.69, 9.17) is 14.6 Å². The summed E-state index contributed by atoms with van der Waals surface area (Å²) in [4.78, 5) is 10.4. The molecule has 0 atom stereocenters. The van der Waals surface area contributed by atoms with Crippen LogP contribution in [0.2, 0.25) is 0 Å². The summed E-state index contributed by atoms with van der Waals surface area (Å²) in [5, 5.41) is 9.71. The maximum atomic E-state index is 10.4. The first-order chi connectivity index (χ1) is 7.72. The lowest BCUT2D eigenvalue weighted by atomic mass is 10.2. The van der Waals surface area contributed by atoms with Gasteiger partial charge in [0.15, 0.2) is 16.6 Å². The van der Waals surface area contributed by atoms with Crippen LogP contribution in [0.25, 0.3) is 10.1 Å². The number of fused-ring (bicyclic) bond motifs is 2. The van der Waals surface area contributed by atoms with Crippen LogP contribution in [-0.2, 0) is 0 Å². The monoisotopic (exact) mass is 238 g/mol. The van der Waals surface area contributed by atoms with E-state index in [0.717, 1.165) is 10.1 Å². The third-order valence-electron chi connectivity index (χ3n) is 2.18. The van der Waals surface area contributed by atoms with Gasteiger partial charge in [-0.15, -0.1) is 0 Å². The van der Waals surface area contributed by atoms with E-state index in [2.05, 4.69) is 4.74 Å². The van der Waals surface area contributed by atoms with Gasteiger partial charge in [-0.3, -0.25) is 0 Å². The van der Waals surface area contributed by atoms with E-state index < -0.39 is 6.16 Å². The topological polar surface area (TPSA) is 65.0 Å². The maximum absolute atomic E-state index is 10.4. The number of ether oxygens (including phenoxy) is 3. The molecule has 0 saturated heterocycles. The second-order valence-corrected chi connectivity index (χ2v) is 4.22. The molecular formula is C10H6O5S. The van der Waals surface area contributed by atoms with Crippen LogP contribution in [0.3, 0.4) is 0 Å². The van der Waals surface area contributed by atoms with Crippen molar-refractivity contribution in [2.45, 2.75) is 0 Å². The number of thiophene rings is 1. The van der Waals surface area contributed by atoms with Crippen LogP contribution < -0.4 is 14.2 Å². The fourth-order valence-electron chi connectivity index (χ4n) is 1.54. The van der Waals surface area contributed by atoms with Crippen LogP contribution in [0, 0.1) is 0 Å². The van der Waals surface area contributed by atoms with E-state index in [9.17, 15) is 4.79 Å². The Bertz CT molecular complexity index is 533. The predicted molar refractivity (Wildman–Crippen MR) is 56.6 cm³/mol. The van der Waals surface area contributed by atoms with E-state index >= 15 is 0 Å². The van der Waals surface area contributed by atoms with Gasteiger partial charge in [-0.1, -0.05) is 11.3 Å². The number of hydrogen-bond acceptors (Lipinski definition) is 5. The Kier molecular flexibility index (Phi) is 1.90. The second-order valence-electron chi connectivity index (χ2n) is 3.18. The van der Waals surface area contributed by atoms with Gasteiger partial charge < -0.3 is 19.3 Å². The van der Waals surface area contributed by atoms with Crippen molar-refractivity contribution < 1.29 is 24.1 Å². The van der Waals surface area contributed by atoms with Gasteiger partial charge in [-0.25, -0.2) is 4.79 Å². The number of benzene rings is 1. The molecule has 0 fully saturated rings. The Labute approximate surface area is 93.8 Å². The smallest absolute Gasteiger partial charge is 0.454 e. The first-order valence-electron chi connectivity index (χ1n) is 4.46. The molecule has 1 aromatic carbocycles. The zero-order chi connectivity index (χ0) is 11.1. The summed E-state index contributed by atoms with van der Waals surface area (Å²) in [6, 6.07) is 5.29. The molecule has 2 heterocycles. The van der Waals surface area contributed by atoms with Crippen LogP contribution in [0.15, 0.2) is 18.2 Å². The van der Waals surface area contributed by atoms with Gasteiger partial charge in [-0.05, 0) is 6.07 Å². The van der Waals surface area contributed by atoms with Gasteiger partial charge >= 0.3 is 6.16 Å².